The summed E-state index contributed by atoms with van der Waals surface area (Å²) in [4.78, 5) is 12.4. The Bertz CT molecular complexity index is 972. The van der Waals surface area contributed by atoms with Gasteiger partial charge in [0.1, 0.15) is 5.75 Å². The first-order valence-electron chi connectivity index (χ1n) is 8.05. The minimum Gasteiger partial charge on any atom is -0.493 e. The largest absolute Gasteiger partial charge is 0.493 e. The normalized spacial score (nSPS) is 14.7. The van der Waals surface area contributed by atoms with Crippen molar-refractivity contribution in [1.29, 1.82) is 0 Å². The highest BCUT2D eigenvalue weighted by Gasteiger charge is 2.24. The van der Waals surface area contributed by atoms with Crippen LogP contribution in [0.15, 0.2) is 60.7 Å². The summed E-state index contributed by atoms with van der Waals surface area (Å²) >= 11 is 0. The average molecular weight is 315 g/mol. The van der Waals surface area contributed by atoms with E-state index in [1.807, 2.05) is 61.5 Å². The quantitative estimate of drug-likeness (QED) is 0.710. The molecule has 0 fully saturated rings. The highest BCUT2D eigenvalue weighted by molar-refractivity contribution is 6.35. The van der Waals surface area contributed by atoms with Gasteiger partial charge in [-0.3, -0.25) is 4.79 Å². The molecule has 0 aliphatic carbocycles. The standard InChI is InChI=1S/C21H17NO2/c1-2-24-20-12-11-14-7-3-4-8-15(14)17(20)13-18-16-9-5-6-10-19(16)22-21(18)23/h3-13H,2H2,1H3,(H,22,23)/b18-13+. The lowest BCUT2D eigenvalue weighted by Crippen LogP contribution is -2.04. The van der Waals surface area contributed by atoms with Gasteiger partial charge in [0.2, 0.25) is 0 Å². The monoisotopic (exact) mass is 315 g/mol. The van der Waals surface area contributed by atoms with E-state index in [2.05, 4.69) is 17.4 Å². The van der Waals surface area contributed by atoms with Gasteiger partial charge in [-0.25, -0.2) is 0 Å². The van der Waals surface area contributed by atoms with E-state index in [4.69, 9.17) is 4.74 Å². The Balaban J connectivity index is 1.96. The number of carbonyl (C=O) groups is 1. The molecule has 3 nitrogen and oxygen atoms in total. The Hall–Kier alpha value is -3.07. The Morgan fingerprint density at radius 3 is 2.67 bits per heavy atom. The number of carbonyl (C=O) groups excluding carboxylic acids is 1. The SMILES string of the molecule is CCOc1ccc2ccccc2c1/C=C1/C(=O)Nc2ccccc21. The summed E-state index contributed by atoms with van der Waals surface area (Å²) in [6, 6.07) is 19.9. The fraction of sp³-hybridized carbons (Fsp3) is 0.0952. The molecular formula is C21H17NO2. The van der Waals surface area contributed by atoms with Gasteiger partial charge in [-0.2, -0.15) is 0 Å². The molecule has 0 saturated carbocycles. The number of hydrogen-bond acceptors (Lipinski definition) is 2. The molecule has 0 radical (unpaired) electrons. The van der Waals surface area contributed by atoms with Crippen LogP contribution in [-0.2, 0) is 4.79 Å². The summed E-state index contributed by atoms with van der Waals surface area (Å²) < 4.78 is 5.80. The van der Waals surface area contributed by atoms with Crippen molar-refractivity contribution in [3.05, 3.63) is 71.8 Å². The van der Waals surface area contributed by atoms with Crippen LogP contribution in [-0.4, -0.2) is 12.5 Å². The van der Waals surface area contributed by atoms with Crippen LogP contribution in [0.3, 0.4) is 0 Å². The van der Waals surface area contributed by atoms with Crippen LogP contribution in [0.1, 0.15) is 18.1 Å². The van der Waals surface area contributed by atoms with Crippen molar-refractivity contribution in [3.8, 4) is 5.75 Å². The van der Waals surface area contributed by atoms with Gasteiger partial charge >= 0.3 is 0 Å². The van der Waals surface area contributed by atoms with E-state index in [0.717, 1.165) is 33.3 Å². The maximum absolute atomic E-state index is 12.4. The van der Waals surface area contributed by atoms with Crippen LogP contribution in [0.5, 0.6) is 5.75 Å². The molecule has 3 aromatic rings. The molecule has 1 N–H and O–H groups in total. The number of anilines is 1. The molecule has 1 amide bonds. The van der Waals surface area contributed by atoms with Gasteiger partial charge in [0.25, 0.3) is 5.91 Å². The Kier molecular flexibility index (Phi) is 3.54. The van der Waals surface area contributed by atoms with Crippen molar-refractivity contribution in [2.75, 3.05) is 11.9 Å². The molecule has 3 aromatic carbocycles. The van der Waals surface area contributed by atoms with Gasteiger partial charge in [-0.1, -0.05) is 48.5 Å². The minimum absolute atomic E-state index is 0.0772. The topological polar surface area (TPSA) is 38.3 Å². The van der Waals surface area contributed by atoms with Gasteiger partial charge in [-0.15, -0.1) is 0 Å². The second-order valence-corrected chi connectivity index (χ2v) is 5.69. The molecular weight excluding hydrogens is 298 g/mol. The maximum Gasteiger partial charge on any atom is 0.256 e. The highest BCUT2D eigenvalue weighted by Crippen LogP contribution is 2.36. The molecule has 0 saturated heterocycles. The van der Waals surface area contributed by atoms with Crippen LogP contribution in [0, 0.1) is 0 Å². The zero-order chi connectivity index (χ0) is 16.5. The van der Waals surface area contributed by atoms with Crippen molar-refractivity contribution in [1.82, 2.24) is 0 Å². The third-order valence-corrected chi connectivity index (χ3v) is 4.23. The van der Waals surface area contributed by atoms with Crippen LogP contribution in [0.25, 0.3) is 22.4 Å². The molecule has 0 aromatic heterocycles. The maximum atomic E-state index is 12.4. The minimum atomic E-state index is -0.0772. The summed E-state index contributed by atoms with van der Waals surface area (Å²) in [7, 11) is 0. The fourth-order valence-electron chi connectivity index (χ4n) is 3.13. The molecule has 0 spiro atoms. The van der Waals surface area contributed by atoms with Gasteiger partial charge in [0.15, 0.2) is 0 Å². The second-order valence-electron chi connectivity index (χ2n) is 5.69. The van der Waals surface area contributed by atoms with E-state index < -0.39 is 0 Å². The Morgan fingerprint density at radius 1 is 1.00 bits per heavy atom. The number of amides is 1. The predicted molar refractivity (Wildman–Crippen MR) is 98.1 cm³/mol. The molecule has 4 rings (SSSR count). The predicted octanol–water partition coefficient (Wildman–Crippen LogP) is 4.73. The first kappa shape index (κ1) is 14.5. The number of nitrogens with one attached hydrogen (secondary N) is 1. The molecule has 3 heteroatoms. The molecule has 1 aliphatic rings. The van der Waals surface area contributed by atoms with E-state index >= 15 is 0 Å². The summed E-state index contributed by atoms with van der Waals surface area (Å²) in [5.41, 5.74) is 3.39. The summed E-state index contributed by atoms with van der Waals surface area (Å²) in [6.07, 6.45) is 1.94. The molecule has 0 bridgehead atoms. The van der Waals surface area contributed by atoms with Crippen molar-refractivity contribution < 1.29 is 9.53 Å². The van der Waals surface area contributed by atoms with Crippen molar-refractivity contribution >= 4 is 34.0 Å². The van der Waals surface area contributed by atoms with Crippen LogP contribution >= 0.6 is 0 Å². The first-order valence-corrected chi connectivity index (χ1v) is 8.05. The van der Waals surface area contributed by atoms with Gasteiger partial charge in [-0.05, 0) is 35.9 Å². The van der Waals surface area contributed by atoms with Gasteiger partial charge in [0, 0.05) is 22.4 Å². The van der Waals surface area contributed by atoms with Crippen LogP contribution < -0.4 is 10.1 Å². The van der Waals surface area contributed by atoms with E-state index in [-0.39, 0.29) is 5.91 Å². The lowest BCUT2D eigenvalue weighted by molar-refractivity contribution is -0.110. The molecule has 1 heterocycles. The lowest BCUT2D eigenvalue weighted by Gasteiger charge is -2.11. The first-order chi connectivity index (χ1) is 11.8. The van der Waals surface area contributed by atoms with E-state index in [1.54, 1.807) is 0 Å². The second kappa shape index (κ2) is 5.85. The summed E-state index contributed by atoms with van der Waals surface area (Å²) in [5, 5.41) is 5.12. The number of para-hydroxylation sites is 1. The third kappa shape index (κ3) is 2.35. The number of ether oxygens (including phenoxy) is 1. The molecule has 118 valence electrons. The van der Waals surface area contributed by atoms with E-state index in [0.29, 0.717) is 12.2 Å². The van der Waals surface area contributed by atoms with Crippen molar-refractivity contribution in [3.63, 3.8) is 0 Å². The molecule has 24 heavy (non-hydrogen) atoms. The number of fused-ring (bicyclic) bond motifs is 2. The van der Waals surface area contributed by atoms with Crippen molar-refractivity contribution in [2.24, 2.45) is 0 Å². The fourth-order valence-corrected chi connectivity index (χ4v) is 3.13. The van der Waals surface area contributed by atoms with E-state index in [1.165, 1.54) is 0 Å². The third-order valence-electron chi connectivity index (χ3n) is 4.23. The molecule has 1 aliphatic heterocycles. The summed E-state index contributed by atoms with van der Waals surface area (Å²) in [6.45, 7) is 2.54. The average Bonchev–Trinajstić information content (AvgIpc) is 2.92. The Morgan fingerprint density at radius 2 is 1.79 bits per heavy atom. The smallest absolute Gasteiger partial charge is 0.256 e. The number of benzene rings is 3. The number of hydrogen-bond donors (Lipinski definition) is 1. The Labute approximate surface area is 140 Å². The molecule has 0 unspecified atom stereocenters. The lowest BCUT2D eigenvalue weighted by atomic mass is 9.98. The zero-order valence-electron chi connectivity index (χ0n) is 13.4. The van der Waals surface area contributed by atoms with Gasteiger partial charge in [0.05, 0.1) is 6.61 Å². The summed E-state index contributed by atoms with van der Waals surface area (Å²) in [5.74, 6) is 0.715. The number of rotatable bonds is 3. The molecule has 0 atom stereocenters. The van der Waals surface area contributed by atoms with E-state index in [9.17, 15) is 4.79 Å². The highest BCUT2D eigenvalue weighted by atomic mass is 16.5. The van der Waals surface area contributed by atoms with Gasteiger partial charge < -0.3 is 10.1 Å². The van der Waals surface area contributed by atoms with Crippen LogP contribution in [0.4, 0.5) is 5.69 Å². The van der Waals surface area contributed by atoms with Crippen LogP contribution in [0.2, 0.25) is 0 Å². The zero-order valence-corrected chi connectivity index (χ0v) is 13.4. The van der Waals surface area contributed by atoms with Crippen molar-refractivity contribution in [2.45, 2.75) is 6.92 Å².